The lowest BCUT2D eigenvalue weighted by Gasteiger charge is -2.21. The summed E-state index contributed by atoms with van der Waals surface area (Å²) in [7, 11) is 0. The van der Waals surface area contributed by atoms with Gasteiger partial charge in [0.1, 0.15) is 0 Å². The minimum Gasteiger partial charge on any atom is -0.372 e. The predicted octanol–water partition coefficient (Wildman–Crippen LogP) is 4.41. The number of anilines is 5. The van der Waals surface area contributed by atoms with Crippen LogP contribution >= 0.6 is 0 Å². The first-order chi connectivity index (χ1) is 13.6. The van der Waals surface area contributed by atoms with E-state index in [2.05, 4.69) is 56.7 Å². The number of nitrogens with zero attached hydrogens (tertiary/aromatic N) is 4. The maximum absolute atomic E-state index is 11.5. The second-order valence-electron chi connectivity index (χ2n) is 6.27. The largest absolute Gasteiger partial charge is 0.372 e. The van der Waals surface area contributed by atoms with Gasteiger partial charge in [0.05, 0.1) is 6.20 Å². The molecule has 0 radical (unpaired) electrons. The third-order valence-electron chi connectivity index (χ3n) is 4.35. The van der Waals surface area contributed by atoms with E-state index in [-0.39, 0.29) is 5.78 Å². The van der Waals surface area contributed by atoms with E-state index in [0.29, 0.717) is 17.3 Å². The molecular weight excluding hydrogens is 352 g/mol. The Hall–Kier alpha value is -3.48. The van der Waals surface area contributed by atoms with E-state index in [0.717, 1.165) is 24.5 Å². The van der Waals surface area contributed by atoms with Crippen LogP contribution in [0.25, 0.3) is 0 Å². The molecule has 7 nitrogen and oxygen atoms in total. The minimum absolute atomic E-state index is 0.00580. The molecule has 1 heterocycles. The number of hydrogen-bond acceptors (Lipinski definition) is 7. The predicted molar refractivity (Wildman–Crippen MR) is 113 cm³/mol. The smallest absolute Gasteiger partial charge is 0.249 e. The van der Waals surface area contributed by atoms with Crippen LogP contribution in [0, 0.1) is 0 Å². The van der Waals surface area contributed by atoms with Gasteiger partial charge in [-0.2, -0.15) is 10.1 Å². The van der Waals surface area contributed by atoms with Crippen molar-refractivity contribution in [2.24, 2.45) is 0 Å². The molecule has 0 saturated heterocycles. The summed E-state index contributed by atoms with van der Waals surface area (Å²) in [5.41, 5.74) is 3.46. The van der Waals surface area contributed by atoms with Crippen molar-refractivity contribution < 1.29 is 4.79 Å². The Labute approximate surface area is 164 Å². The van der Waals surface area contributed by atoms with Crippen LogP contribution in [0.2, 0.25) is 0 Å². The van der Waals surface area contributed by atoms with E-state index >= 15 is 0 Å². The summed E-state index contributed by atoms with van der Waals surface area (Å²) >= 11 is 0. The number of nitrogens with one attached hydrogen (secondary N) is 2. The molecule has 0 bridgehead atoms. The molecule has 0 aliphatic carbocycles. The number of carbonyl (C=O) groups is 1. The van der Waals surface area contributed by atoms with E-state index in [9.17, 15) is 4.79 Å². The zero-order valence-corrected chi connectivity index (χ0v) is 16.3. The van der Waals surface area contributed by atoms with Gasteiger partial charge in [0.2, 0.25) is 5.95 Å². The van der Waals surface area contributed by atoms with Gasteiger partial charge in [0.25, 0.3) is 0 Å². The van der Waals surface area contributed by atoms with Crippen LogP contribution in [-0.4, -0.2) is 34.1 Å². The summed E-state index contributed by atoms with van der Waals surface area (Å²) < 4.78 is 0. The Morgan fingerprint density at radius 1 is 1.00 bits per heavy atom. The molecule has 2 aromatic carbocycles. The number of carbonyl (C=O) groups excluding carboxylic acids is 1. The van der Waals surface area contributed by atoms with Crippen LogP contribution in [0.5, 0.6) is 0 Å². The van der Waals surface area contributed by atoms with Crippen molar-refractivity contribution in [1.29, 1.82) is 0 Å². The van der Waals surface area contributed by atoms with E-state index < -0.39 is 0 Å². The molecule has 1 aromatic heterocycles. The van der Waals surface area contributed by atoms with Gasteiger partial charge >= 0.3 is 0 Å². The normalized spacial score (nSPS) is 10.4. The number of hydrogen-bond donors (Lipinski definition) is 2. The van der Waals surface area contributed by atoms with Crippen LogP contribution in [0.15, 0.2) is 54.7 Å². The molecule has 0 unspecified atom stereocenters. The van der Waals surface area contributed by atoms with Crippen LogP contribution in [0.1, 0.15) is 31.1 Å². The molecule has 2 N–H and O–H groups in total. The van der Waals surface area contributed by atoms with E-state index in [1.807, 2.05) is 24.3 Å². The highest BCUT2D eigenvalue weighted by atomic mass is 16.1. The van der Waals surface area contributed by atoms with Crippen molar-refractivity contribution in [1.82, 2.24) is 15.2 Å². The average Bonchev–Trinajstić information content (AvgIpc) is 2.71. The zero-order valence-electron chi connectivity index (χ0n) is 16.3. The highest BCUT2D eigenvalue weighted by molar-refractivity contribution is 5.95. The van der Waals surface area contributed by atoms with Gasteiger partial charge in [-0.05, 0) is 57.2 Å². The molecule has 0 fully saturated rings. The molecule has 0 atom stereocenters. The van der Waals surface area contributed by atoms with Gasteiger partial charge in [0, 0.05) is 35.7 Å². The molecule has 3 rings (SSSR count). The maximum Gasteiger partial charge on any atom is 0.249 e. The lowest BCUT2D eigenvalue weighted by atomic mass is 10.1. The number of benzene rings is 2. The SMILES string of the molecule is CCN(CC)c1ccc(Nc2cnnc(Nc3cccc(C(C)=O)c3)n2)cc1. The van der Waals surface area contributed by atoms with Crippen LogP contribution in [0.3, 0.4) is 0 Å². The first-order valence-corrected chi connectivity index (χ1v) is 9.28. The molecule has 0 spiro atoms. The van der Waals surface area contributed by atoms with Gasteiger partial charge in [-0.25, -0.2) is 0 Å². The monoisotopic (exact) mass is 376 g/mol. The van der Waals surface area contributed by atoms with Crippen molar-refractivity contribution in [3.05, 3.63) is 60.3 Å². The van der Waals surface area contributed by atoms with E-state index in [1.54, 1.807) is 18.3 Å². The lowest BCUT2D eigenvalue weighted by molar-refractivity contribution is 0.101. The molecule has 0 aliphatic rings. The zero-order chi connectivity index (χ0) is 19.9. The lowest BCUT2D eigenvalue weighted by Crippen LogP contribution is -2.21. The van der Waals surface area contributed by atoms with Crippen LogP contribution in [-0.2, 0) is 0 Å². The summed E-state index contributed by atoms with van der Waals surface area (Å²) in [5.74, 6) is 0.938. The summed E-state index contributed by atoms with van der Waals surface area (Å²) in [6.45, 7) is 7.76. The second-order valence-corrected chi connectivity index (χ2v) is 6.27. The first kappa shape index (κ1) is 19.3. The van der Waals surface area contributed by atoms with Gasteiger partial charge in [0.15, 0.2) is 11.6 Å². The summed E-state index contributed by atoms with van der Waals surface area (Å²) in [4.78, 5) is 18.2. The molecule has 0 amide bonds. The van der Waals surface area contributed by atoms with Gasteiger partial charge in [-0.15, -0.1) is 5.10 Å². The van der Waals surface area contributed by atoms with E-state index in [4.69, 9.17) is 0 Å². The van der Waals surface area contributed by atoms with Gasteiger partial charge < -0.3 is 15.5 Å². The van der Waals surface area contributed by atoms with Crippen molar-refractivity contribution in [3.63, 3.8) is 0 Å². The van der Waals surface area contributed by atoms with Crippen molar-refractivity contribution in [2.45, 2.75) is 20.8 Å². The second kappa shape index (κ2) is 8.94. The quantitative estimate of drug-likeness (QED) is 0.564. The summed E-state index contributed by atoms with van der Waals surface area (Å²) in [6, 6.07) is 15.4. The standard InChI is InChI=1S/C21H24N6O/c1-4-27(5-2)19-11-9-17(10-12-19)23-20-14-22-26-21(25-20)24-18-8-6-7-16(13-18)15(3)28/h6-14H,4-5H2,1-3H3,(H2,23,24,25,26). The Morgan fingerprint density at radius 3 is 2.43 bits per heavy atom. The number of aromatic nitrogens is 3. The number of rotatable bonds is 8. The third-order valence-corrected chi connectivity index (χ3v) is 4.35. The molecule has 0 aliphatic heterocycles. The fourth-order valence-electron chi connectivity index (χ4n) is 2.85. The Bertz CT molecular complexity index is 938. The van der Waals surface area contributed by atoms with Gasteiger partial charge in [-0.3, -0.25) is 4.79 Å². The van der Waals surface area contributed by atoms with Crippen molar-refractivity contribution in [3.8, 4) is 0 Å². The topological polar surface area (TPSA) is 83.0 Å². The number of ketones is 1. The fraction of sp³-hybridized carbons (Fsp3) is 0.238. The van der Waals surface area contributed by atoms with Crippen LogP contribution in [0.4, 0.5) is 28.8 Å². The highest BCUT2D eigenvalue weighted by Crippen LogP contribution is 2.21. The Kier molecular flexibility index (Phi) is 6.16. The molecule has 0 saturated carbocycles. The highest BCUT2D eigenvalue weighted by Gasteiger charge is 2.06. The molecule has 144 valence electrons. The first-order valence-electron chi connectivity index (χ1n) is 9.28. The minimum atomic E-state index is 0.00580. The Morgan fingerprint density at radius 2 is 1.75 bits per heavy atom. The molecule has 7 heteroatoms. The molecule has 3 aromatic rings. The van der Waals surface area contributed by atoms with E-state index in [1.165, 1.54) is 12.6 Å². The van der Waals surface area contributed by atoms with Gasteiger partial charge in [-0.1, -0.05) is 12.1 Å². The molecular formula is C21H24N6O. The Balaban J connectivity index is 1.71. The van der Waals surface area contributed by atoms with Crippen molar-refractivity contribution >= 4 is 34.6 Å². The summed E-state index contributed by atoms with van der Waals surface area (Å²) in [6.07, 6.45) is 1.56. The summed E-state index contributed by atoms with van der Waals surface area (Å²) in [5, 5.41) is 14.3. The maximum atomic E-state index is 11.5. The average molecular weight is 376 g/mol. The number of Topliss-reactive ketones (excluding diaryl/α,β-unsaturated/α-hetero) is 1. The van der Waals surface area contributed by atoms with Crippen molar-refractivity contribution in [2.75, 3.05) is 28.6 Å². The molecule has 28 heavy (non-hydrogen) atoms. The third kappa shape index (κ3) is 4.82. The van der Waals surface area contributed by atoms with Crippen LogP contribution < -0.4 is 15.5 Å². The fourth-order valence-corrected chi connectivity index (χ4v) is 2.85.